The Bertz CT molecular complexity index is 1290. The molecule has 3 aromatic rings. The third kappa shape index (κ3) is 6.87. The summed E-state index contributed by atoms with van der Waals surface area (Å²) in [7, 11) is 0. The normalized spacial score (nSPS) is 17.2. The molecular formula is C32H36ClN3O3. The van der Waals surface area contributed by atoms with E-state index in [9.17, 15) is 14.9 Å². The van der Waals surface area contributed by atoms with Crippen LogP contribution in [0.5, 0.6) is 0 Å². The van der Waals surface area contributed by atoms with E-state index in [1.165, 1.54) is 75.7 Å². The molecule has 6 nitrogen and oxygen atoms in total. The fourth-order valence-corrected chi connectivity index (χ4v) is 6.29. The van der Waals surface area contributed by atoms with Crippen LogP contribution in [0.25, 0.3) is 11.1 Å². The van der Waals surface area contributed by atoms with Crippen molar-refractivity contribution in [1.29, 1.82) is 0 Å². The minimum absolute atomic E-state index is 0.0598. The van der Waals surface area contributed by atoms with E-state index in [1.807, 2.05) is 0 Å². The van der Waals surface area contributed by atoms with Gasteiger partial charge in [-0.25, -0.2) is 0 Å². The third-order valence-electron chi connectivity index (χ3n) is 8.58. The molecule has 1 saturated heterocycles. The first-order valence-corrected chi connectivity index (χ1v) is 14.4. The fraction of sp³-hybridized carbons (Fsp3) is 0.406. The molecule has 2 aliphatic rings. The summed E-state index contributed by atoms with van der Waals surface area (Å²) in [4.78, 5) is 26.6. The number of carbonyl (C=O) groups excluding carboxylic acids is 1. The molecule has 1 spiro atoms. The van der Waals surface area contributed by atoms with Crippen molar-refractivity contribution in [2.45, 2.75) is 57.9 Å². The zero-order valence-electron chi connectivity index (χ0n) is 22.3. The van der Waals surface area contributed by atoms with Gasteiger partial charge in [-0.05, 0) is 91.1 Å². The molecule has 1 saturated carbocycles. The molecule has 0 bridgehead atoms. The molecule has 2 fully saturated rings. The number of hydrogen-bond acceptors (Lipinski definition) is 4. The van der Waals surface area contributed by atoms with Crippen molar-refractivity contribution in [3.63, 3.8) is 0 Å². The first-order chi connectivity index (χ1) is 18.9. The highest BCUT2D eigenvalue weighted by molar-refractivity contribution is 6.30. The number of carbonyl (C=O) groups is 1. The standard InChI is InChI=1S/C32H36ClN3O3/c33-28-11-8-26(9-12-28)27-10-13-29(30(22-27)36(38)39)31(37)34-19-14-24-4-6-25(7-5-24)23-35-20-17-32(18-21-35)15-2-1-3-16-32/h4-13,22H,1-3,14-21,23H2,(H,34,37). The molecule has 0 atom stereocenters. The average molecular weight is 546 g/mol. The van der Waals surface area contributed by atoms with Gasteiger partial charge in [0.05, 0.1) is 4.92 Å². The summed E-state index contributed by atoms with van der Waals surface area (Å²) in [6.07, 6.45) is 10.4. The molecule has 39 heavy (non-hydrogen) atoms. The molecule has 3 aromatic carbocycles. The molecule has 0 radical (unpaired) electrons. The monoisotopic (exact) mass is 545 g/mol. The number of amides is 1. The number of halogens is 1. The van der Waals surface area contributed by atoms with Gasteiger partial charge in [0.25, 0.3) is 11.6 Å². The second-order valence-electron chi connectivity index (χ2n) is 11.2. The highest BCUT2D eigenvalue weighted by Crippen LogP contribution is 2.44. The lowest BCUT2D eigenvalue weighted by Gasteiger charge is -2.44. The Morgan fingerprint density at radius 3 is 2.18 bits per heavy atom. The number of likely N-dealkylation sites (tertiary alicyclic amines) is 1. The maximum atomic E-state index is 12.8. The van der Waals surface area contributed by atoms with E-state index in [4.69, 9.17) is 11.6 Å². The van der Waals surface area contributed by atoms with Crippen molar-refractivity contribution in [2.24, 2.45) is 5.41 Å². The lowest BCUT2D eigenvalue weighted by Crippen LogP contribution is -2.40. The molecule has 1 aliphatic carbocycles. The van der Waals surface area contributed by atoms with Gasteiger partial charge >= 0.3 is 0 Å². The van der Waals surface area contributed by atoms with Crippen molar-refractivity contribution >= 4 is 23.2 Å². The van der Waals surface area contributed by atoms with Gasteiger partial charge < -0.3 is 5.32 Å². The third-order valence-corrected chi connectivity index (χ3v) is 8.83. The highest BCUT2D eigenvalue weighted by Gasteiger charge is 2.35. The van der Waals surface area contributed by atoms with Crippen molar-refractivity contribution < 1.29 is 9.72 Å². The van der Waals surface area contributed by atoms with Crippen LogP contribution in [0.3, 0.4) is 0 Å². The molecule has 1 heterocycles. The summed E-state index contributed by atoms with van der Waals surface area (Å²) in [6, 6.07) is 20.3. The van der Waals surface area contributed by atoms with Crippen molar-refractivity contribution in [3.05, 3.63) is 98.6 Å². The summed E-state index contributed by atoms with van der Waals surface area (Å²) in [5.41, 5.74) is 4.38. The van der Waals surface area contributed by atoms with Crippen LogP contribution in [0.4, 0.5) is 5.69 Å². The Labute approximate surface area is 235 Å². The van der Waals surface area contributed by atoms with E-state index in [0.29, 0.717) is 29.0 Å². The van der Waals surface area contributed by atoms with Crippen LogP contribution in [0.1, 0.15) is 66.4 Å². The van der Waals surface area contributed by atoms with E-state index in [-0.39, 0.29) is 11.3 Å². The number of nitro benzene ring substituents is 1. The number of nitrogens with one attached hydrogen (secondary N) is 1. The van der Waals surface area contributed by atoms with Gasteiger partial charge in [-0.1, -0.05) is 73.3 Å². The molecule has 204 valence electrons. The Morgan fingerprint density at radius 1 is 0.872 bits per heavy atom. The maximum Gasteiger partial charge on any atom is 0.282 e. The molecule has 0 aromatic heterocycles. The Balaban J connectivity index is 1.12. The second-order valence-corrected chi connectivity index (χ2v) is 11.6. The minimum Gasteiger partial charge on any atom is -0.351 e. The van der Waals surface area contributed by atoms with Gasteiger partial charge in [0.1, 0.15) is 5.56 Å². The number of rotatable bonds is 8. The van der Waals surface area contributed by atoms with Gasteiger partial charge in [0, 0.05) is 24.2 Å². The lowest BCUT2D eigenvalue weighted by molar-refractivity contribution is -0.385. The summed E-state index contributed by atoms with van der Waals surface area (Å²) >= 11 is 5.95. The fourth-order valence-electron chi connectivity index (χ4n) is 6.17. The topological polar surface area (TPSA) is 75.5 Å². The molecule has 1 aliphatic heterocycles. The molecule has 0 unspecified atom stereocenters. The Hall–Kier alpha value is -3.22. The Kier molecular flexibility index (Phi) is 8.63. The molecular weight excluding hydrogens is 510 g/mol. The highest BCUT2D eigenvalue weighted by atomic mass is 35.5. The second kappa shape index (κ2) is 12.3. The number of benzene rings is 3. The van der Waals surface area contributed by atoms with Crippen molar-refractivity contribution in [3.8, 4) is 11.1 Å². The lowest BCUT2D eigenvalue weighted by atomic mass is 9.68. The van der Waals surface area contributed by atoms with E-state index in [1.54, 1.807) is 30.3 Å². The molecule has 5 rings (SSSR count). The van der Waals surface area contributed by atoms with E-state index in [2.05, 4.69) is 34.5 Å². The molecule has 1 N–H and O–H groups in total. The van der Waals surface area contributed by atoms with Crippen LogP contribution in [0, 0.1) is 15.5 Å². The van der Waals surface area contributed by atoms with E-state index < -0.39 is 10.8 Å². The quantitative estimate of drug-likeness (QED) is 0.236. The number of nitrogens with zero attached hydrogens (tertiary/aromatic N) is 2. The molecule has 1 amide bonds. The summed E-state index contributed by atoms with van der Waals surface area (Å²) in [6.45, 7) is 3.78. The number of hydrogen-bond donors (Lipinski definition) is 1. The minimum atomic E-state index is -0.510. The predicted molar refractivity (Wildman–Crippen MR) is 156 cm³/mol. The first-order valence-electron chi connectivity index (χ1n) is 14.0. The van der Waals surface area contributed by atoms with Crippen molar-refractivity contribution in [2.75, 3.05) is 19.6 Å². The van der Waals surface area contributed by atoms with Crippen LogP contribution in [0.15, 0.2) is 66.7 Å². The zero-order chi connectivity index (χ0) is 27.2. The summed E-state index contributed by atoms with van der Waals surface area (Å²) in [5.74, 6) is -0.443. The zero-order valence-corrected chi connectivity index (χ0v) is 23.1. The predicted octanol–water partition coefficient (Wildman–Crippen LogP) is 7.43. The van der Waals surface area contributed by atoms with Crippen molar-refractivity contribution in [1.82, 2.24) is 10.2 Å². The average Bonchev–Trinajstić information content (AvgIpc) is 2.96. The van der Waals surface area contributed by atoms with E-state index in [0.717, 1.165) is 17.7 Å². The van der Waals surface area contributed by atoms with Crippen LogP contribution in [-0.2, 0) is 13.0 Å². The Morgan fingerprint density at radius 2 is 1.51 bits per heavy atom. The first kappa shape index (κ1) is 27.4. The number of nitro groups is 1. The summed E-state index contributed by atoms with van der Waals surface area (Å²) in [5, 5.41) is 15.2. The van der Waals surface area contributed by atoms with Crippen LogP contribution >= 0.6 is 11.6 Å². The van der Waals surface area contributed by atoms with Gasteiger partial charge in [-0.2, -0.15) is 0 Å². The van der Waals surface area contributed by atoms with Gasteiger partial charge in [0.15, 0.2) is 0 Å². The smallest absolute Gasteiger partial charge is 0.282 e. The van der Waals surface area contributed by atoms with Gasteiger partial charge in [-0.3, -0.25) is 19.8 Å². The van der Waals surface area contributed by atoms with Crippen LogP contribution in [0.2, 0.25) is 5.02 Å². The van der Waals surface area contributed by atoms with E-state index >= 15 is 0 Å². The molecule has 7 heteroatoms. The van der Waals surface area contributed by atoms with Gasteiger partial charge in [0.2, 0.25) is 0 Å². The summed E-state index contributed by atoms with van der Waals surface area (Å²) < 4.78 is 0. The SMILES string of the molecule is O=C(NCCc1ccc(CN2CCC3(CCCCC3)CC2)cc1)c1ccc(-c2ccc(Cl)cc2)cc1[N+](=O)[O-]. The van der Waals surface area contributed by atoms with Crippen LogP contribution < -0.4 is 5.32 Å². The van der Waals surface area contributed by atoms with Gasteiger partial charge in [-0.15, -0.1) is 0 Å². The number of piperidine rings is 1. The van der Waals surface area contributed by atoms with Crippen LogP contribution in [-0.4, -0.2) is 35.4 Å². The largest absolute Gasteiger partial charge is 0.351 e. The maximum absolute atomic E-state index is 12.8.